The summed E-state index contributed by atoms with van der Waals surface area (Å²) in [6, 6.07) is 13.6. The summed E-state index contributed by atoms with van der Waals surface area (Å²) in [5.74, 6) is 0.905. The first kappa shape index (κ1) is 11.7. The lowest BCUT2D eigenvalue weighted by Gasteiger charge is -1.98. The molecule has 0 aliphatic carbocycles. The van der Waals surface area contributed by atoms with Crippen LogP contribution in [-0.2, 0) is 0 Å². The van der Waals surface area contributed by atoms with Gasteiger partial charge in [0, 0.05) is 11.1 Å². The summed E-state index contributed by atoms with van der Waals surface area (Å²) in [6.07, 6.45) is 0. The number of hydrogen-bond acceptors (Lipinski definition) is 2. The highest BCUT2D eigenvalue weighted by Gasteiger charge is 2.06. The van der Waals surface area contributed by atoms with E-state index < -0.39 is 0 Å². The Morgan fingerprint density at radius 3 is 2.53 bits per heavy atom. The number of benzene rings is 2. The van der Waals surface area contributed by atoms with Gasteiger partial charge in [-0.05, 0) is 31.5 Å². The van der Waals surface area contributed by atoms with E-state index >= 15 is 0 Å². The Morgan fingerprint density at radius 2 is 1.84 bits per heavy atom. The monoisotopic (exact) mass is 250 g/mol. The third-order valence-corrected chi connectivity index (χ3v) is 3.20. The van der Waals surface area contributed by atoms with Crippen molar-refractivity contribution in [3.63, 3.8) is 0 Å². The van der Waals surface area contributed by atoms with E-state index in [1.54, 1.807) is 6.92 Å². The average molecular weight is 250 g/mol. The van der Waals surface area contributed by atoms with E-state index in [1.807, 2.05) is 36.4 Å². The second-order valence-electron chi connectivity index (χ2n) is 4.74. The first-order valence-electron chi connectivity index (χ1n) is 6.21. The second kappa shape index (κ2) is 4.35. The molecule has 0 aliphatic rings. The molecule has 0 bridgehead atoms. The van der Waals surface area contributed by atoms with Gasteiger partial charge in [0.1, 0.15) is 5.82 Å². The lowest BCUT2D eigenvalue weighted by atomic mass is 10.1. The summed E-state index contributed by atoms with van der Waals surface area (Å²) < 4.78 is 0. The van der Waals surface area contributed by atoms with Gasteiger partial charge in [-0.3, -0.25) is 4.79 Å². The second-order valence-corrected chi connectivity index (χ2v) is 4.74. The Balaban J connectivity index is 2.06. The van der Waals surface area contributed by atoms with Gasteiger partial charge in [-0.1, -0.05) is 30.3 Å². The topological polar surface area (TPSA) is 45.8 Å². The molecule has 0 saturated carbocycles. The highest BCUT2D eigenvalue weighted by molar-refractivity contribution is 5.94. The van der Waals surface area contributed by atoms with Gasteiger partial charge in [0.25, 0.3) is 0 Å². The molecule has 2 aromatic carbocycles. The first-order valence-corrected chi connectivity index (χ1v) is 6.21. The molecule has 3 rings (SSSR count). The van der Waals surface area contributed by atoms with Crippen LogP contribution >= 0.6 is 0 Å². The molecule has 1 aromatic heterocycles. The Hall–Kier alpha value is -2.42. The fraction of sp³-hybridized carbons (Fsp3) is 0.125. The van der Waals surface area contributed by atoms with Crippen LogP contribution < -0.4 is 0 Å². The number of aromatic amines is 1. The van der Waals surface area contributed by atoms with Crippen molar-refractivity contribution in [3.05, 3.63) is 53.6 Å². The molecule has 0 aliphatic heterocycles. The van der Waals surface area contributed by atoms with E-state index in [0.717, 1.165) is 28.0 Å². The van der Waals surface area contributed by atoms with Crippen LogP contribution in [0, 0.1) is 6.92 Å². The van der Waals surface area contributed by atoms with Crippen molar-refractivity contribution < 1.29 is 4.79 Å². The minimum Gasteiger partial charge on any atom is -0.338 e. The van der Waals surface area contributed by atoms with Crippen LogP contribution in [0.25, 0.3) is 22.4 Å². The smallest absolute Gasteiger partial charge is 0.159 e. The Bertz CT molecular complexity index is 754. The van der Waals surface area contributed by atoms with Crippen molar-refractivity contribution in [1.82, 2.24) is 9.97 Å². The fourth-order valence-corrected chi connectivity index (χ4v) is 2.12. The van der Waals surface area contributed by atoms with Gasteiger partial charge in [0.2, 0.25) is 0 Å². The predicted octanol–water partition coefficient (Wildman–Crippen LogP) is 3.74. The van der Waals surface area contributed by atoms with Crippen LogP contribution in [0.3, 0.4) is 0 Å². The molecule has 0 atom stereocenters. The normalized spacial score (nSPS) is 10.8. The zero-order valence-electron chi connectivity index (χ0n) is 10.9. The Labute approximate surface area is 111 Å². The number of ketones is 1. The van der Waals surface area contributed by atoms with Crippen molar-refractivity contribution in [2.75, 3.05) is 0 Å². The van der Waals surface area contributed by atoms with E-state index in [1.165, 1.54) is 5.56 Å². The standard InChI is InChI=1S/C16H14N2O/c1-10-3-8-14-15(9-10)18-16(17-14)13-6-4-12(5-7-13)11(2)19/h3-9H,1-2H3,(H,17,18). The molecule has 0 amide bonds. The molecule has 0 spiro atoms. The third-order valence-electron chi connectivity index (χ3n) is 3.20. The van der Waals surface area contributed by atoms with Gasteiger partial charge in [0.15, 0.2) is 5.78 Å². The molecule has 19 heavy (non-hydrogen) atoms. The number of aromatic nitrogens is 2. The number of Topliss-reactive ketones (excluding diaryl/α,β-unsaturated/α-hetero) is 1. The van der Waals surface area contributed by atoms with Crippen LogP contribution in [0.15, 0.2) is 42.5 Å². The molecule has 94 valence electrons. The minimum atomic E-state index is 0.0757. The zero-order chi connectivity index (χ0) is 13.4. The highest BCUT2D eigenvalue weighted by atomic mass is 16.1. The van der Waals surface area contributed by atoms with Crippen LogP contribution in [0.1, 0.15) is 22.8 Å². The number of hydrogen-bond donors (Lipinski definition) is 1. The number of rotatable bonds is 2. The molecule has 1 heterocycles. The van der Waals surface area contributed by atoms with Gasteiger partial charge in [0.05, 0.1) is 11.0 Å². The number of nitrogens with zero attached hydrogens (tertiary/aromatic N) is 1. The van der Waals surface area contributed by atoms with Crippen molar-refractivity contribution in [2.45, 2.75) is 13.8 Å². The number of carbonyl (C=O) groups is 1. The van der Waals surface area contributed by atoms with Crippen LogP contribution in [0.2, 0.25) is 0 Å². The average Bonchev–Trinajstić information content (AvgIpc) is 2.81. The number of H-pyrrole nitrogens is 1. The molecule has 3 heteroatoms. The van der Waals surface area contributed by atoms with Crippen LogP contribution in [-0.4, -0.2) is 15.8 Å². The van der Waals surface area contributed by atoms with Gasteiger partial charge >= 0.3 is 0 Å². The summed E-state index contributed by atoms with van der Waals surface area (Å²) in [5.41, 5.74) is 4.89. The Kier molecular flexibility index (Phi) is 2.67. The van der Waals surface area contributed by atoms with Crippen molar-refractivity contribution in [1.29, 1.82) is 0 Å². The number of carbonyl (C=O) groups excluding carboxylic acids is 1. The lowest BCUT2D eigenvalue weighted by Crippen LogP contribution is -1.91. The number of nitrogens with one attached hydrogen (secondary N) is 1. The van der Waals surface area contributed by atoms with Crippen LogP contribution in [0.4, 0.5) is 0 Å². The van der Waals surface area contributed by atoms with E-state index in [-0.39, 0.29) is 5.78 Å². The van der Waals surface area contributed by atoms with Crippen molar-refractivity contribution in [2.24, 2.45) is 0 Å². The maximum Gasteiger partial charge on any atom is 0.159 e. The molecule has 3 aromatic rings. The molecule has 0 saturated heterocycles. The SMILES string of the molecule is CC(=O)c1ccc(-c2nc3ccc(C)cc3[nH]2)cc1. The highest BCUT2D eigenvalue weighted by Crippen LogP contribution is 2.21. The summed E-state index contributed by atoms with van der Waals surface area (Å²) in [4.78, 5) is 19.1. The largest absolute Gasteiger partial charge is 0.338 e. The van der Waals surface area contributed by atoms with E-state index in [4.69, 9.17) is 0 Å². The number of aryl methyl sites for hydroxylation is 1. The summed E-state index contributed by atoms with van der Waals surface area (Å²) in [6.45, 7) is 3.63. The Morgan fingerprint density at radius 1 is 1.11 bits per heavy atom. The van der Waals surface area contributed by atoms with Gasteiger partial charge in [-0.25, -0.2) is 4.98 Å². The molecular weight excluding hydrogens is 236 g/mol. The molecule has 0 radical (unpaired) electrons. The zero-order valence-corrected chi connectivity index (χ0v) is 10.9. The van der Waals surface area contributed by atoms with Gasteiger partial charge in [-0.2, -0.15) is 0 Å². The maximum absolute atomic E-state index is 11.2. The summed E-state index contributed by atoms with van der Waals surface area (Å²) >= 11 is 0. The first-order chi connectivity index (χ1) is 9.13. The lowest BCUT2D eigenvalue weighted by molar-refractivity contribution is 0.101. The van der Waals surface area contributed by atoms with Crippen molar-refractivity contribution >= 4 is 16.8 Å². The van der Waals surface area contributed by atoms with E-state index in [9.17, 15) is 4.79 Å². The van der Waals surface area contributed by atoms with Crippen molar-refractivity contribution in [3.8, 4) is 11.4 Å². The maximum atomic E-state index is 11.2. The predicted molar refractivity (Wildman–Crippen MR) is 76.3 cm³/mol. The number of imidazole rings is 1. The van der Waals surface area contributed by atoms with E-state index in [2.05, 4.69) is 23.0 Å². The van der Waals surface area contributed by atoms with Crippen LogP contribution in [0.5, 0.6) is 0 Å². The third kappa shape index (κ3) is 2.15. The molecule has 1 N–H and O–H groups in total. The molecule has 0 fully saturated rings. The molecular formula is C16H14N2O. The quantitative estimate of drug-likeness (QED) is 0.704. The minimum absolute atomic E-state index is 0.0757. The fourth-order valence-electron chi connectivity index (χ4n) is 2.12. The summed E-state index contributed by atoms with van der Waals surface area (Å²) in [5, 5.41) is 0. The summed E-state index contributed by atoms with van der Waals surface area (Å²) in [7, 11) is 0. The van der Waals surface area contributed by atoms with E-state index in [0.29, 0.717) is 0 Å². The number of fused-ring (bicyclic) bond motifs is 1. The molecule has 3 nitrogen and oxygen atoms in total. The molecule has 0 unspecified atom stereocenters. The van der Waals surface area contributed by atoms with Gasteiger partial charge < -0.3 is 4.98 Å². The van der Waals surface area contributed by atoms with Gasteiger partial charge in [-0.15, -0.1) is 0 Å².